The molecule has 0 aromatic carbocycles. The van der Waals surface area contributed by atoms with Gasteiger partial charge < -0.3 is 15.1 Å². The maximum absolute atomic E-state index is 12.8. The molecule has 1 atom stereocenters. The molecule has 1 spiro atoms. The van der Waals surface area contributed by atoms with Crippen molar-refractivity contribution in [3.05, 3.63) is 0 Å². The van der Waals surface area contributed by atoms with Crippen LogP contribution in [0.3, 0.4) is 0 Å². The van der Waals surface area contributed by atoms with Gasteiger partial charge >= 0.3 is 0 Å². The molecule has 4 heteroatoms. The maximum Gasteiger partial charge on any atom is 0.226 e. The zero-order valence-electron chi connectivity index (χ0n) is 13.1. The average molecular weight is 291 g/mol. The highest BCUT2D eigenvalue weighted by atomic mass is 16.2. The van der Waals surface area contributed by atoms with E-state index in [1.54, 1.807) is 0 Å². The number of rotatable bonds is 2. The molecule has 4 rings (SSSR count). The number of likely N-dealkylation sites (tertiary alicyclic amines) is 2. The van der Waals surface area contributed by atoms with Crippen molar-refractivity contribution in [2.45, 2.75) is 51.0 Å². The Morgan fingerprint density at radius 2 is 1.67 bits per heavy atom. The number of hydrogen-bond donors (Lipinski definition) is 1. The normalized spacial score (nSPS) is 33.5. The molecule has 3 heterocycles. The molecule has 21 heavy (non-hydrogen) atoms. The smallest absolute Gasteiger partial charge is 0.226 e. The van der Waals surface area contributed by atoms with Crippen LogP contribution in [0.25, 0.3) is 0 Å². The molecule has 3 aliphatic heterocycles. The number of nitrogens with zero attached hydrogens (tertiary/aromatic N) is 2. The number of carbonyl (C=O) groups is 1. The Hall–Kier alpha value is -0.610. The van der Waals surface area contributed by atoms with Crippen molar-refractivity contribution < 1.29 is 4.79 Å². The number of amides is 1. The van der Waals surface area contributed by atoms with Crippen LogP contribution in [-0.4, -0.2) is 61.0 Å². The molecule has 4 nitrogen and oxygen atoms in total. The third-order valence-electron chi connectivity index (χ3n) is 6.52. The topological polar surface area (TPSA) is 35.6 Å². The second kappa shape index (κ2) is 5.54. The lowest BCUT2D eigenvalue weighted by Gasteiger charge is -2.37. The van der Waals surface area contributed by atoms with Gasteiger partial charge in [0.15, 0.2) is 0 Å². The van der Waals surface area contributed by atoms with Crippen molar-refractivity contribution in [2.75, 3.05) is 39.3 Å². The molecule has 1 saturated carbocycles. The molecule has 1 unspecified atom stereocenters. The van der Waals surface area contributed by atoms with Crippen molar-refractivity contribution >= 4 is 5.91 Å². The van der Waals surface area contributed by atoms with Gasteiger partial charge in [-0.3, -0.25) is 4.79 Å². The van der Waals surface area contributed by atoms with E-state index < -0.39 is 0 Å². The van der Waals surface area contributed by atoms with Crippen LogP contribution in [0.2, 0.25) is 0 Å². The van der Waals surface area contributed by atoms with E-state index in [0.29, 0.717) is 17.2 Å². The summed E-state index contributed by atoms with van der Waals surface area (Å²) in [4.78, 5) is 17.6. The Balaban J connectivity index is 1.29. The van der Waals surface area contributed by atoms with Crippen LogP contribution in [0.1, 0.15) is 44.9 Å². The van der Waals surface area contributed by atoms with Gasteiger partial charge in [0.05, 0.1) is 0 Å². The maximum atomic E-state index is 12.8. The van der Waals surface area contributed by atoms with Crippen molar-refractivity contribution in [3.63, 3.8) is 0 Å². The minimum Gasteiger partial charge on any atom is -0.342 e. The van der Waals surface area contributed by atoms with E-state index in [2.05, 4.69) is 15.1 Å². The summed E-state index contributed by atoms with van der Waals surface area (Å²) >= 11 is 0. The first-order chi connectivity index (χ1) is 10.3. The summed E-state index contributed by atoms with van der Waals surface area (Å²) < 4.78 is 0. The fourth-order valence-corrected chi connectivity index (χ4v) is 4.95. The summed E-state index contributed by atoms with van der Waals surface area (Å²) in [7, 11) is 0. The van der Waals surface area contributed by atoms with Crippen LogP contribution in [0.5, 0.6) is 0 Å². The molecule has 0 aromatic heterocycles. The molecule has 1 N–H and O–H groups in total. The Morgan fingerprint density at radius 3 is 2.33 bits per heavy atom. The monoisotopic (exact) mass is 291 g/mol. The molecular formula is C17H29N3O. The largest absolute Gasteiger partial charge is 0.342 e. The zero-order chi connectivity index (χ0) is 14.3. The summed E-state index contributed by atoms with van der Waals surface area (Å²) in [5, 5.41) is 3.43. The molecule has 1 amide bonds. The molecule has 1 aliphatic carbocycles. The highest BCUT2D eigenvalue weighted by Gasteiger charge is 2.58. The summed E-state index contributed by atoms with van der Waals surface area (Å²) in [5.41, 5.74) is 0.397. The van der Waals surface area contributed by atoms with E-state index in [9.17, 15) is 4.79 Å². The van der Waals surface area contributed by atoms with Crippen molar-refractivity contribution in [1.29, 1.82) is 0 Å². The van der Waals surface area contributed by atoms with Gasteiger partial charge in [0.2, 0.25) is 5.91 Å². The van der Waals surface area contributed by atoms with Crippen molar-refractivity contribution in [1.82, 2.24) is 15.1 Å². The van der Waals surface area contributed by atoms with Crippen LogP contribution in [0.15, 0.2) is 0 Å². The number of piperidine rings is 2. The minimum absolute atomic E-state index is 0.364. The number of hydrogen-bond acceptors (Lipinski definition) is 3. The van der Waals surface area contributed by atoms with Crippen molar-refractivity contribution in [3.8, 4) is 0 Å². The standard InChI is InChI=1S/C17H29N3O/c21-16(15-13-17(15)5-7-18-8-6-17)20-11-3-14(4-12-20)19-9-1-2-10-19/h14-15,18H,1-13H2. The Bertz CT molecular complexity index is 391. The summed E-state index contributed by atoms with van der Waals surface area (Å²) in [6.07, 6.45) is 8.75. The Kier molecular flexibility index (Phi) is 3.70. The van der Waals surface area contributed by atoms with Gasteiger partial charge in [-0.25, -0.2) is 0 Å². The summed E-state index contributed by atoms with van der Waals surface area (Å²) in [6, 6.07) is 0.753. The molecule has 4 aliphatic rings. The fourth-order valence-electron chi connectivity index (χ4n) is 4.95. The van der Waals surface area contributed by atoms with E-state index in [4.69, 9.17) is 0 Å². The first-order valence-electron chi connectivity index (χ1n) is 9.02. The number of carbonyl (C=O) groups excluding carboxylic acids is 1. The summed E-state index contributed by atoms with van der Waals surface area (Å²) in [5.74, 6) is 0.847. The van der Waals surface area contributed by atoms with E-state index in [1.165, 1.54) is 58.0 Å². The first-order valence-corrected chi connectivity index (χ1v) is 9.02. The second-order valence-corrected chi connectivity index (χ2v) is 7.67. The van der Waals surface area contributed by atoms with Gasteiger partial charge in [-0.2, -0.15) is 0 Å². The highest BCUT2D eigenvalue weighted by Crippen LogP contribution is 2.59. The molecule has 3 saturated heterocycles. The molecule has 118 valence electrons. The molecular weight excluding hydrogens is 262 g/mol. The van der Waals surface area contributed by atoms with Gasteiger partial charge in [-0.1, -0.05) is 0 Å². The lowest BCUT2D eigenvalue weighted by molar-refractivity contribution is -0.135. The lowest BCUT2D eigenvalue weighted by atomic mass is 9.91. The van der Waals surface area contributed by atoms with Gasteiger partial charge in [0, 0.05) is 25.0 Å². The van der Waals surface area contributed by atoms with Gasteiger partial charge in [0.1, 0.15) is 0 Å². The predicted molar refractivity (Wildman–Crippen MR) is 83.1 cm³/mol. The number of nitrogens with one attached hydrogen (secondary N) is 1. The van der Waals surface area contributed by atoms with Crippen LogP contribution < -0.4 is 5.32 Å². The summed E-state index contributed by atoms with van der Waals surface area (Å²) in [6.45, 7) is 6.81. The van der Waals surface area contributed by atoms with E-state index in [0.717, 1.165) is 32.2 Å². The molecule has 0 bridgehead atoms. The molecule has 0 aromatic rings. The minimum atomic E-state index is 0.364. The lowest BCUT2D eigenvalue weighted by Crippen LogP contribution is -2.47. The Labute approximate surface area is 128 Å². The van der Waals surface area contributed by atoms with E-state index in [-0.39, 0.29) is 0 Å². The van der Waals surface area contributed by atoms with Crippen molar-refractivity contribution in [2.24, 2.45) is 11.3 Å². The quantitative estimate of drug-likeness (QED) is 0.837. The first kappa shape index (κ1) is 14.0. The van der Waals surface area contributed by atoms with Crippen LogP contribution in [0.4, 0.5) is 0 Å². The Morgan fingerprint density at radius 1 is 1.00 bits per heavy atom. The van der Waals surface area contributed by atoms with Crippen LogP contribution >= 0.6 is 0 Å². The molecule has 0 radical (unpaired) electrons. The SMILES string of the molecule is O=C(C1CC12CCNCC2)N1CCC(N2CCCC2)CC1. The van der Waals surface area contributed by atoms with E-state index in [1.807, 2.05) is 0 Å². The van der Waals surface area contributed by atoms with E-state index >= 15 is 0 Å². The van der Waals surface area contributed by atoms with Gasteiger partial charge in [-0.05, 0) is 76.5 Å². The third-order valence-corrected chi connectivity index (χ3v) is 6.52. The van der Waals surface area contributed by atoms with Crippen LogP contribution in [0, 0.1) is 11.3 Å². The third kappa shape index (κ3) is 2.61. The predicted octanol–water partition coefficient (Wildman–Crippen LogP) is 1.46. The van der Waals surface area contributed by atoms with Gasteiger partial charge in [-0.15, -0.1) is 0 Å². The zero-order valence-corrected chi connectivity index (χ0v) is 13.1. The van der Waals surface area contributed by atoms with Gasteiger partial charge in [0.25, 0.3) is 0 Å². The average Bonchev–Trinajstić information content (AvgIpc) is 2.99. The fraction of sp³-hybridized carbons (Fsp3) is 0.941. The highest BCUT2D eigenvalue weighted by molar-refractivity contribution is 5.82. The second-order valence-electron chi connectivity index (χ2n) is 7.67. The molecule has 4 fully saturated rings. The van der Waals surface area contributed by atoms with Crippen LogP contribution in [-0.2, 0) is 4.79 Å².